The van der Waals surface area contributed by atoms with Crippen LogP contribution in [0.4, 0.5) is 4.79 Å². The van der Waals surface area contributed by atoms with E-state index in [1.807, 2.05) is 55.5 Å². The van der Waals surface area contributed by atoms with Crippen molar-refractivity contribution in [2.24, 2.45) is 0 Å². The van der Waals surface area contributed by atoms with Crippen LogP contribution in [0.5, 0.6) is 0 Å². The van der Waals surface area contributed by atoms with Gasteiger partial charge in [0.2, 0.25) is 11.8 Å². The molecule has 1 heterocycles. The third kappa shape index (κ3) is 14.1. The summed E-state index contributed by atoms with van der Waals surface area (Å²) in [5.41, 5.74) is 4.04. The Morgan fingerprint density at radius 2 is 1.67 bits per heavy atom. The fourth-order valence-corrected chi connectivity index (χ4v) is 6.20. The number of likely N-dealkylation sites (tertiary alicyclic amines) is 1. The zero-order valence-corrected chi connectivity index (χ0v) is 29.0. The topological polar surface area (TPSA) is 184 Å². The zero-order valence-electron chi connectivity index (χ0n) is 28.1. The van der Waals surface area contributed by atoms with E-state index in [4.69, 9.17) is 9.99 Å². The summed E-state index contributed by atoms with van der Waals surface area (Å²) in [6.45, 7) is 6.61. The number of rotatable bonds is 21. The lowest BCUT2D eigenvalue weighted by atomic mass is 9.95. The van der Waals surface area contributed by atoms with Crippen LogP contribution in [-0.4, -0.2) is 76.5 Å². The minimum absolute atomic E-state index is 0.0506. The van der Waals surface area contributed by atoms with E-state index in [0.29, 0.717) is 58.0 Å². The number of carbonyl (C=O) groups is 3. The molecule has 1 aliphatic rings. The SMILES string of the molecule is C=Cc1ccccc1C(Cc1ccccc1C)OC(=O)NCCCCCC(=O)NCCCCCC(=O)N1C[C@H](O)C[C@H]1COP(=O)(O)OO. The first-order chi connectivity index (χ1) is 23.5. The second-order valence-electron chi connectivity index (χ2n) is 12.2. The fourth-order valence-electron chi connectivity index (χ4n) is 5.79. The predicted octanol–water partition coefficient (Wildman–Crippen LogP) is 5.45. The summed E-state index contributed by atoms with van der Waals surface area (Å²) in [4.78, 5) is 48.2. The highest BCUT2D eigenvalue weighted by molar-refractivity contribution is 7.47. The van der Waals surface area contributed by atoms with Gasteiger partial charge in [-0.05, 0) is 55.7 Å². The average molecular weight is 704 g/mol. The number of unbranched alkanes of at least 4 members (excludes halogenated alkanes) is 4. The van der Waals surface area contributed by atoms with Gasteiger partial charge in [0.1, 0.15) is 6.10 Å². The number of phosphoric ester groups is 1. The molecule has 0 bridgehead atoms. The summed E-state index contributed by atoms with van der Waals surface area (Å²) in [5, 5.41) is 24.1. The largest absolute Gasteiger partial charge is 0.499 e. The van der Waals surface area contributed by atoms with Gasteiger partial charge < -0.3 is 30.3 Å². The molecule has 2 aromatic carbocycles. The van der Waals surface area contributed by atoms with Gasteiger partial charge >= 0.3 is 13.9 Å². The summed E-state index contributed by atoms with van der Waals surface area (Å²) >= 11 is 0. The molecule has 1 saturated heterocycles. The number of amides is 3. The monoisotopic (exact) mass is 703 g/mol. The van der Waals surface area contributed by atoms with Crippen molar-refractivity contribution < 1.29 is 48.1 Å². The molecule has 0 radical (unpaired) electrons. The van der Waals surface area contributed by atoms with Crippen LogP contribution in [0.3, 0.4) is 0 Å². The molecule has 13 nitrogen and oxygen atoms in total. The molecular weight excluding hydrogens is 653 g/mol. The van der Waals surface area contributed by atoms with E-state index in [9.17, 15) is 28.9 Å². The molecule has 4 atom stereocenters. The smallest absolute Gasteiger partial charge is 0.441 e. The van der Waals surface area contributed by atoms with Crippen LogP contribution < -0.4 is 10.6 Å². The Labute approximate surface area is 288 Å². The van der Waals surface area contributed by atoms with Crippen molar-refractivity contribution in [3.05, 3.63) is 77.4 Å². The molecule has 0 saturated carbocycles. The van der Waals surface area contributed by atoms with Gasteiger partial charge in [-0.25, -0.2) is 14.6 Å². The number of nitrogens with one attached hydrogen (secondary N) is 2. The number of ether oxygens (including phenoxy) is 1. The maximum absolute atomic E-state index is 12.7. The number of benzene rings is 2. The van der Waals surface area contributed by atoms with Crippen LogP contribution in [0.25, 0.3) is 6.08 Å². The number of β-amino-alcohol motifs (C(OH)–C–C–N with tert-alkyl or cyclic N) is 1. The molecule has 270 valence electrons. The molecule has 3 amide bonds. The number of aliphatic hydroxyl groups is 1. The van der Waals surface area contributed by atoms with E-state index < -0.39 is 32.2 Å². The van der Waals surface area contributed by atoms with Gasteiger partial charge in [0.15, 0.2) is 0 Å². The van der Waals surface area contributed by atoms with Crippen LogP contribution in [0.1, 0.15) is 86.1 Å². The van der Waals surface area contributed by atoms with E-state index >= 15 is 0 Å². The molecule has 3 rings (SSSR count). The summed E-state index contributed by atoms with van der Waals surface area (Å²) in [6, 6.07) is 15.2. The summed E-state index contributed by atoms with van der Waals surface area (Å²) < 4.78 is 25.3. The lowest BCUT2D eigenvalue weighted by Gasteiger charge is -2.24. The van der Waals surface area contributed by atoms with Crippen LogP contribution >= 0.6 is 7.82 Å². The molecule has 1 aliphatic heterocycles. The highest BCUT2D eigenvalue weighted by Crippen LogP contribution is 2.42. The normalized spacial score (nSPS) is 17.6. The summed E-state index contributed by atoms with van der Waals surface area (Å²) in [5.74, 6) is -0.264. The number of phosphoric acid groups is 1. The molecule has 0 spiro atoms. The van der Waals surface area contributed by atoms with E-state index in [1.54, 1.807) is 6.08 Å². The molecule has 0 aromatic heterocycles. The van der Waals surface area contributed by atoms with Crippen molar-refractivity contribution in [3.63, 3.8) is 0 Å². The number of nitrogens with zero attached hydrogens (tertiary/aromatic N) is 1. The first-order valence-corrected chi connectivity index (χ1v) is 18.3. The summed E-state index contributed by atoms with van der Waals surface area (Å²) in [6.07, 6.45) is 5.49. The van der Waals surface area contributed by atoms with E-state index in [1.165, 1.54) is 4.90 Å². The number of hydrogen-bond donors (Lipinski definition) is 5. The van der Waals surface area contributed by atoms with Crippen LogP contribution in [0.2, 0.25) is 0 Å². The Bertz CT molecular complexity index is 1420. The molecule has 14 heteroatoms. The average Bonchev–Trinajstić information content (AvgIpc) is 3.47. The quantitative estimate of drug-likeness (QED) is 0.0485. The Kier molecular flexibility index (Phi) is 16.9. The predicted molar refractivity (Wildman–Crippen MR) is 184 cm³/mol. The highest BCUT2D eigenvalue weighted by atomic mass is 31.2. The second-order valence-corrected chi connectivity index (χ2v) is 13.5. The highest BCUT2D eigenvalue weighted by Gasteiger charge is 2.36. The summed E-state index contributed by atoms with van der Waals surface area (Å²) in [7, 11) is -4.61. The minimum Gasteiger partial charge on any atom is -0.441 e. The number of aliphatic hydroxyl groups excluding tert-OH is 1. The first kappa shape index (κ1) is 39.9. The Balaban J connectivity index is 1.26. The molecule has 2 aromatic rings. The number of hydrogen-bond acceptors (Lipinski definition) is 9. The fraction of sp³-hybridized carbons (Fsp3) is 0.514. The Morgan fingerprint density at radius 3 is 2.39 bits per heavy atom. The maximum Gasteiger partial charge on any atom is 0.499 e. The minimum atomic E-state index is -4.61. The molecule has 2 unspecified atom stereocenters. The van der Waals surface area contributed by atoms with Crippen molar-refractivity contribution in [3.8, 4) is 0 Å². The van der Waals surface area contributed by atoms with Crippen molar-refractivity contribution in [1.29, 1.82) is 0 Å². The molecular formula is C35H50N3O10P. The van der Waals surface area contributed by atoms with Crippen molar-refractivity contribution in [1.82, 2.24) is 15.5 Å². The molecule has 49 heavy (non-hydrogen) atoms. The van der Waals surface area contributed by atoms with Crippen LogP contribution in [0.15, 0.2) is 55.1 Å². The van der Waals surface area contributed by atoms with Crippen molar-refractivity contribution >= 4 is 31.8 Å². The van der Waals surface area contributed by atoms with E-state index in [2.05, 4.69) is 26.4 Å². The molecule has 1 fully saturated rings. The van der Waals surface area contributed by atoms with Crippen LogP contribution in [0, 0.1) is 6.92 Å². The lowest BCUT2D eigenvalue weighted by Crippen LogP contribution is -2.38. The van der Waals surface area contributed by atoms with Crippen molar-refractivity contribution in [2.75, 3.05) is 26.2 Å². The van der Waals surface area contributed by atoms with Gasteiger partial charge in [-0.1, -0.05) is 74.0 Å². The third-order valence-corrected chi connectivity index (χ3v) is 9.15. The lowest BCUT2D eigenvalue weighted by molar-refractivity contribution is -0.163. The maximum atomic E-state index is 12.7. The van der Waals surface area contributed by atoms with Gasteiger partial charge in [0, 0.05) is 44.5 Å². The van der Waals surface area contributed by atoms with Gasteiger partial charge in [-0.2, -0.15) is 0 Å². The van der Waals surface area contributed by atoms with Gasteiger partial charge in [-0.15, -0.1) is 4.67 Å². The number of carbonyl (C=O) groups excluding carboxylic acids is 3. The van der Waals surface area contributed by atoms with Gasteiger partial charge in [0.05, 0.1) is 18.8 Å². The van der Waals surface area contributed by atoms with Crippen LogP contribution in [-0.2, 0) is 34.5 Å². The third-order valence-electron chi connectivity index (χ3n) is 8.46. The van der Waals surface area contributed by atoms with Gasteiger partial charge in [0.25, 0.3) is 0 Å². The second kappa shape index (κ2) is 20.8. The molecule has 0 aliphatic carbocycles. The molecule has 5 N–H and O–H groups in total. The Morgan fingerprint density at radius 1 is 1.00 bits per heavy atom. The number of aryl methyl sites for hydroxylation is 1. The first-order valence-electron chi connectivity index (χ1n) is 16.8. The van der Waals surface area contributed by atoms with E-state index in [0.717, 1.165) is 28.7 Å². The standard InChI is InChI=1S/C35H50N3O10P/c1-3-27-15-10-11-17-31(27)32(22-28-16-9-8-14-26(28)2)47-35(42)37-21-13-4-6-18-33(40)36-20-12-5-7-19-34(41)38-24-30(39)23-29(38)25-46-49(44,45)48-43/h3,8-11,14-17,29-30,32,39,43H,1,4-7,12-13,18-25H2,2H3,(H,36,40)(H,37,42)(H,44,45)/t29-,30+,32?/m0/s1. The number of alkyl carbamates (subject to hydrolysis) is 1. The Hall–Kier alpha value is -3.58. The van der Waals surface area contributed by atoms with Gasteiger partial charge in [-0.3, -0.25) is 14.1 Å². The zero-order chi connectivity index (χ0) is 35.6. The van der Waals surface area contributed by atoms with Crippen molar-refractivity contribution in [2.45, 2.75) is 89.4 Å². The van der Waals surface area contributed by atoms with E-state index in [-0.39, 0.29) is 37.8 Å².